The quantitative estimate of drug-likeness (QED) is 0.581. The van der Waals surface area contributed by atoms with Crippen molar-refractivity contribution in [3.8, 4) is 0 Å². The van der Waals surface area contributed by atoms with Gasteiger partial charge in [0.2, 0.25) is 5.76 Å². The van der Waals surface area contributed by atoms with Crippen molar-refractivity contribution in [2.75, 3.05) is 0 Å². The number of halogens is 3. The minimum absolute atomic E-state index is 0.352. The lowest BCUT2D eigenvalue weighted by Gasteiger charge is -2.56. The SMILES string of the molecule is CC12CC(C(=O)/C=C(\O)C(F)(F)F)C(C)(c3ccccc31)c1ccccc12. The molecule has 27 heavy (non-hydrogen) atoms. The lowest BCUT2D eigenvalue weighted by atomic mass is 9.45. The molecule has 5 rings (SSSR count). The van der Waals surface area contributed by atoms with Gasteiger partial charge >= 0.3 is 6.18 Å². The summed E-state index contributed by atoms with van der Waals surface area (Å²) in [6.07, 6.45) is -4.17. The van der Waals surface area contributed by atoms with Gasteiger partial charge in [0.1, 0.15) is 0 Å². The van der Waals surface area contributed by atoms with E-state index in [1.807, 2.05) is 62.4 Å². The molecule has 1 N–H and O–H groups in total. The summed E-state index contributed by atoms with van der Waals surface area (Å²) in [5.74, 6) is -3.22. The van der Waals surface area contributed by atoms with E-state index in [1.54, 1.807) is 0 Å². The number of hydrogen-bond acceptors (Lipinski definition) is 2. The Balaban J connectivity index is 1.93. The highest BCUT2D eigenvalue weighted by molar-refractivity contribution is 5.95. The normalized spacial score (nSPS) is 29.2. The summed E-state index contributed by atoms with van der Waals surface area (Å²) >= 11 is 0. The Morgan fingerprint density at radius 1 is 1.00 bits per heavy atom. The summed E-state index contributed by atoms with van der Waals surface area (Å²) in [6, 6.07) is 15.7. The van der Waals surface area contributed by atoms with Gasteiger partial charge in [-0.3, -0.25) is 4.79 Å². The molecular weight excluding hydrogens is 353 g/mol. The number of allylic oxidation sites excluding steroid dienone is 2. The molecule has 0 heterocycles. The van der Waals surface area contributed by atoms with E-state index in [4.69, 9.17) is 0 Å². The molecule has 2 aromatic rings. The number of carbonyl (C=O) groups excluding carboxylic acids is 1. The highest BCUT2D eigenvalue weighted by atomic mass is 19.4. The molecule has 140 valence electrons. The summed E-state index contributed by atoms with van der Waals surface area (Å²) in [4.78, 5) is 12.9. The average molecular weight is 372 g/mol. The number of aliphatic hydroxyl groups excluding tert-OH is 1. The van der Waals surface area contributed by atoms with Gasteiger partial charge in [0.15, 0.2) is 5.78 Å². The molecule has 3 aliphatic carbocycles. The van der Waals surface area contributed by atoms with Gasteiger partial charge < -0.3 is 5.11 Å². The smallest absolute Gasteiger partial charge is 0.448 e. The van der Waals surface area contributed by atoms with Crippen LogP contribution in [-0.4, -0.2) is 17.1 Å². The second-order valence-corrected chi connectivity index (χ2v) is 7.81. The molecule has 2 bridgehead atoms. The van der Waals surface area contributed by atoms with Crippen LogP contribution in [0.3, 0.4) is 0 Å². The molecular formula is C22H19F3O2. The predicted molar refractivity (Wildman–Crippen MR) is 95.7 cm³/mol. The van der Waals surface area contributed by atoms with Crippen LogP contribution in [0.1, 0.15) is 42.5 Å². The van der Waals surface area contributed by atoms with Gasteiger partial charge in [-0.05, 0) is 28.7 Å². The molecule has 1 atom stereocenters. The van der Waals surface area contributed by atoms with E-state index in [0.717, 1.165) is 22.3 Å². The Hall–Kier alpha value is -2.56. The second-order valence-electron chi connectivity index (χ2n) is 7.81. The Morgan fingerprint density at radius 3 is 1.89 bits per heavy atom. The fourth-order valence-corrected chi connectivity index (χ4v) is 5.03. The Kier molecular flexibility index (Phi) is 3.61. The Bertz CT molecular complexity index is 924. The summed E-state index contributed by atoms with van der Waals surface area (Å²) in [5.41, 5.74) is 2.95. The fourth-order valence-electron chi connectivity index (χ4n) is 5.03. The van der Waals surface area contributed by atoms with Crippen LogP contribution in [-0.2, 0) is 15.6 Å². The van der Waals surface area contributed by atoms with E-state index in [-0.39, 0.29) is 0 Å². The maximum atomic E-state index is 12.9. The van der Waals surface area contributed by atoms with Crippen LogP contribution in [0.5, 0.6) is 0 Å². The zero-order valence-corrected chi connectivity index (χ0v) is 15.0. The Morgan fingerprint density at radius 2 is 1.44 bits per heavy atom. The maximum Gasteiger partial charge on any atom is 0.448 e. The lowest BCUT2D eigenvalue weighted by molar-refractivity contribution is -0.128. The molecule has 0 saturated heterocycles. The molecule has 0 spiro atoms. The average Bonchev–Trinajstić information content (AvgIpc) is 2.63. The molecule has 0 fully saturated rings. The molecule has 5 heteroatoms. The predicted octanol–water partition coefficient (Wildman–Crippen LogP) is 5.21. The highest BCUT2D eigenvalue weighted by Crippen LogP contribution is 2.61. The Labute approximate surface area is 155 Å². The van der Waals surface area contributed by atoms with E-state index in [1.165, 1.54) is 0 Å². The molecule has 0 aromatic heterocycles. The number of ketones is 1. The van der Waals surface area contributed by atoms with Gasteiger partial charge in [-0.2, -0.15) is 13.2 Å². The van der Waals surface area contributed by atoms with Crippen molar-refractivity contribution in [2.24, 2.45) is 5.92 Å². The molecule has 1 unspecified atom stereocenters. The fraction of sp³-hybridized carbons (Fsp3) is 0.318. The number of aliphatic hydroxyl groups is 1. The van der Waals surface area contributed by atoms with Gasteiger partial charge in [0, 0.05) is 22.8 Å². The first kappa shape index (κ1) is 17.8. The first-order valence-corrected chi connectivity index (χ1v) is 8.82. The zero-order valence-electron chi connectivity index (χ0n) is 15.0. The summed E-state index contributed by atoms with van der Waals surface area (Å²) in [7, 11) is 0. The largest absolute Gasteiger partial charge is 0.504 e. The number of fused-ring (bicyclic) bond motifs is 1. The van der Waals surface area contributed by atoms with Crippen LogP contribution in [0.2, 0.25) is 0 Å². The molecule has 2 aromatic carbocycles. The van der Waals surface area contributed by atoms with E-state index in [2.05, 4.69) is 0 Å². The van der Waals surface area contributed by atoms with Gasteiger partial charge in [0.25, 0.3) is 0 Å². The maximum absolute atomic E-state index is 12.9. The van der Waals surface area contributed by atoms with Crippen LogP contribution in [0.4, 0.5) is 13.2 Å². The third-order valence-electron chi connectivity index (χ3n) is 6.38. The van der Waals surface area contributed by atoms with Gasteiger partial charge in [0.05, 0.1) is 0 Å². The molecule has 2 nitrogen and oxygen atoms in total. The van der Waals surface area contributed by atoms with E-state index in [9.17, 15) is 23.1 Å². The third kappa shape index (κ3) is 2.30. The minimum atomic E-state index is -4.93. The molecule has 0 amide bonds. The number of benzene rings is 2. The second kappa shape index (κ2) is 5.47. The molecule has 3 aliphatic rings. The number of carbonyl (C=O) groups is 1. The monoisotopic (exact) mass is 372 g/mol. The van der Waals surface area contributed by atoms with Crippen molar-refractivity contribution in [3.05, 3.63) is 82.6 Å². The van der Waals surface area contributed by atoms with Crippen LogP contribution in [0.15, 0.2) is 60.4 Å². The number of hydrogen-bond donors (Lipinski definition) is 1. The number of rotatable bonds is 2. The molecule has 0 saturated carbocycles. The van der Waals surface area contributed by atoms with Crippen molar-refractivity contribution < 1.29 is 23.1 Å². The third-order valence-corrected chi connectivity index (χ3v) is 6.38. The van der Waals surface area contributed by atoms with Crippen molar-refractivity contribution in [1.29, 1.82) is 0 Å². The van der Waals surface area contributed by atoms with Gasteiger partial charge in [-0.25, -0.2) is 0 Å². The van der Waals surface area contributed by atoms with E-state index < -0.39 is 34.5 Å². The van der Waals surface area contributed by atoms with Crippen LogP contribution in [0.25, 0.3) is 0 Å². The van der Waals surface area contributed by atoms with E-state index >= 15 is 0 Å². The minimum Gasteiger partial charge on any atom is -0.504 e. The van der Waals surface area contributed by atoms with Crippen LogP contribution >= 0.6 is 0 Å². The van der Waals surface area contributed by atoms with Gasteiger partial charge in [-0.15, -0.1) is 0 Å². The first-order valence-electron chi connectivity index (χ1n) is 8.82. The molecule has 0 aliphatic heterocycles. The van der Waals surface area contributed by atoms with Crippen molar-refractivity contribution in [1.82, 2.24) is 0 Å². The standard InChI is InChI=1S/C22H19F3O2/c1-20-12-17(18(26)11-19(27)22(23,24)25)21(2,15-9-5-3-7-13(15)20)16-10-6-4-8-14(16)20/h3-11,17,27H,12H2,1-2H3/b19-11-. The molecule has 0 radical (unpaired) electrons. The van der Waals surface area contributed by atoms with E-state index in [0.29, 0.717) is 12.5 Å². The van der Waals surface area contributed by atoms with Crippen molar-refractivity contribution in [3.63, 3.8) is 0 Å². The lowest BCUT2D eigenvalue weighted by Crippen LogP contribution is -2.54. The van der Waals surface area contributed by atoms with Gasteiger partial charge in [-0.1, -0.05) is 62.4 Å². The summed E-state index contributed by atoms with van der Waals surface area (Å²) in [5, 5.41) is 9.31. The van der Waals surface area contributed by atoms with Crippen LogP contribution in [0, 0.1) is 5.92 Å². The van der Waals surface area contributed by atoms with Crippen LogP contribution < -0.4 is 0 Å². The van der Waals surface area contributed by atoms with Crippen molar-refractivity contribution in [2.45, 2.75) is 37.3 Å². The van der Waals surface area contributed by atoms with Crippen molar-refractivity contribution >= 4 is 5.78 Å². The number of alkyl halides is 3. The topological polar surface area (TPSA) is 37.3 Å². The highest BCUT2D eigenvalue weighted by Gasteiger charge is 2.58. The first-order chi connectivity index (χ1) is 12.6. The summed E-state index contributed by atoms with van der Waals surface area (Å²) in [6.45, 7) is 3.96. The summed E-state index contributed by atoms with van der Waals surface area (Å²) < 4.78 is 38.2. The zero-order chi connectivity index (χ0) is 19.6.